The first-order valence-electron chi connectivity index (χ1n) is 12.0. The molecule has 1 atom stereocenters. The van der Waals surface area contributed by atoms with Crippen molar-refractivity contribution in [3.8, 4) is 0 Å². The van der Waals surface area contributed by atoms with Crippen LogP contribution in [0.1, 0.15) is 98.7 Å². The van der Waals surface area contributed by atoms with E-state index < -0.39 is 5.79 Å². The lowest BCUT2D eigenvalue weighted by molar-refractivity contribution is -0.395. The zero-order valence-corrected chi connectivity index (χ0v) is 20.3. The molecule has 2 aliphatic heterocycles. The van der Waals surface area contributed by atoms with Crippen LogP contribution >= 0.6 is 0 Å². The van der Waals surface area contributed by atoms with Gasteiger partial charge < -0.3 is 9.47 Å². The minimum atomic E-state index is -0.515. The topological polar surface area (TPSA) is 30.9 Å². The summed E-state index contributed by atoms with van der Waals surface area (Å²) in [5, 5.41) is 2.30. The van der Waals surface area contributed by atoms with Gasteiger partial charge in [0, 0.05) is 23.8 Å². The molecule has 1 spiro atoms. The molecule has 2 heterocycles. The fraction of sp³-hybridized carbons (Fsp3) is 0.769. The summed E-state index contributed by atoms with van der Waals surface area (Å²) in [5.41, 5.74) is 1.04. The summed E-state index contributed by atoms with van der Waals surface area (Å²) in [6.07, 6.45) is 5.84. The average molecular weight is 418 g/mol. The van der Waals surface area contributed by atoms with Crippen LogP contribution in [-0.4, -0.2) is 35.1 Å². The van der Waals surface area contributed by atoms with Crippen molar-refractivity contribution >= 4 is 0 Å². The van der Waals surface area contributed by atoms with Crippen LogP contribution in [0.4, 0.5) is 0 Å². The highest BCUT2D eigenvalue weighted by Gasteiger charge is 2.59. The summed E-state index contributed by atoms with van der Waals surface area (Å²) in [6, 6.07) is 10.5. The minimum absolute atomic E-state index is 0.00183. The molecular weight excluding hydrogens is 374 g/mol. The molecule has 4 nitrogen and oxygen atoms in total. The van der Waals surface area contributed by atoms with E-state index in [-0.39, 0.29) is 22.6 Å². The van der Waals surface area contributed by atoms with Crippen LogP contribution in [0.5, 0.6) is 0 Å². The molecule has 30 heavy (non-hydrogen) atoms. The Morgan fingerprint density at radius 2 is 1.47 bits per heavy atom. The van der Waals surface area contributed by atoms with Gasteiger partial charge >= 0.3 is 0 Å². The van der Waals surface area contributed by atoms with Crippen molar-refractivity contribution in [3.05, 3.63) is 35.9 Å². The lowest BCUT2D eigenvalue weighted by Gasteiger charge is -2.61. The minimum Gasteiger partial charge on any atom is -0.349 e. The number of hydrogen-bond donors (Lipinski definition) is 0. The Hall–Kier alpha value is -0.940. The first-order valence-corrected chi connectivity index (χ1v) is 12.0. The maximum atomic E-state index is 6.73. The summed E-state index contributed by atoms with van der Waals surface area (Å²) >= 11 is 0. The van der Waals surface area contributed by atoms with E-state index in [2.05, 4.69) is 83.9 Å². The number of rotatable bonds is 7. The number of nitrogens with zero attached hydrogens (tertiary/aromatic N) is 1. The van der Waals surface area contributed by atoms with Crippen molar-refractivity contribution in [2.75, 3.05) is 13.2 Å². The Labute approximate surface area is 184 Å². The van der Waals surface area contributed by atoms with Crippen LogP contribution in [0.3, 0.4) is 0 Å². The van der Waals surface area contributed by atoms with Crippen molar-refractivity contribution in [1.82, 2.24) is 5.06 Å². The van der Waals surface area contributed by atoms with Gasteiger partial charge in [0.25, 0.3) is 0 Å². The van der Waals surface area contributed by atoms with Crippen LogP contribution in [0, 0.1) is 5.41 Å². The SMILES string of the molecule is CCC1(CC)COC2(CC(C)(C)N(OC(C)c3ccccc3)C(CC)(CC)C2)OC1. The van der Waals surface area contributed by atoms with Gasteiger partial charge in [-0.05, 0) is 52.0 Å². The Morgan fingerprint density at radius 3 is 1.97 bits per heavy atom. The molecule has 0 aliphatic carbocycles. The second-order valence-electron chi connectivity index (χ2n) is 10.2. The molecule has 1 aromatic carbocycles. The van der Waals surface area contributed by atoms with E-state index in [0.29, 0.717) is 0 Å². The van der Waals surface area contributed by atoms with Gasteiger partial charge in [-0.15, -0.1) is 0 Å². The lowest BCUT2D eigenvalue weighted by atomic mass is 9.72. The fourth-order valence-electron chi connectivity index (χ4n) is 5.51. The molecule has 0 aromatic heterocycles. The Morgan fingerprint density at radius 1 is 0.900 bits per heavy atom. The van der Waals surface area contributed by atoms with E-state index in [4.69, 9.17) is 14.3 Å². The fourth-order valence-corrected chi connectivity index (χ4v) is 5.51. The quantitative estimate of drug-likeness (QED) is 0.496. The smallest absolute Gasteiger partial charge is 0.172 e. The van der Waals surface area contributed by atoms with Gasteiger partial charge in [-0.3, -0.25) is 4.84 Å². The number of hydrogen-bond acceptors (Lipinski definition) is 4. The monoisotopic (exact) mass is 417 g/mol. The lowest BCUT2D eigenvalue weighted by Crippen LogP contribution is -2.69. The molecule has 1 unspecified atom stereocenters. The van der Waals surface area contributed by atoms with Crippen molar-refractivity contribution in [2.45, 2.75) is 110 Å². The van der Waals surface area contributed by atoms with E-state index >= 15 is 0 Å². The van der Waals surface area contributed by atoms with Gasteiger partial charge in [0.1, 0.15) is 6.10 Å². The number of hydroxylamine groups is 2. The van der Waals surface area contributed by atoms with Crippen LogP contribution in [0.2, 0.25) is 0 Å². The highest BCUT2D eigenvalue weighted by atomic mass is 16.7. The second kappa shape index (κ2) is 8.90. The molecular formula is C26H43NO3. The Bertz CT molecular complexity index is 669. The third-order valence-corrected chi connectivity index (χ3v) is 7.91. The zero-order valence-electron chi connectivity index (χ0n) is 20.3. The summed E-state index contributed by atoms with van der Waals surface area (Å²) in [7, 11) is 0. The molecule has 4 heteroatoms. The molecule has 0 saturated carbocycles. The summed E-state index contributed by atoms with van der Waals surface area (Å²) in [6.45, 7) is 17.3. The van der Waals surface area contributed by atoms with Crippen LogP contribution < -0.4 is 0 Å². The molecule has 1 aromatic rings. The van der Waals surface area contributed by atoms with Gasteiger partial charge in [0.15, 0.2) is 5.79 Å². The maximum absolute atomic E-state index is 6.73. The Kier molecular flexibility index (Phi) is 7.03. The molecule has 170 valence electrons. The van der Waals surface area contributed by atoms with Crippen molar-refractivity contribution in [3.63, 3.8) is 0 Å². The van der Waals surface area contributed by atoms with Gasteiger partial charge in [0.05, 0.1) is 18.8 Å². The summed E-state index contributed by atoms with van der Waals surface area (Å²) < 4.78 is 13.3. The van der Waals surface area contributed by atoms with Crippen LogP contribution in [0.25, 0.3) is 0 Å². The molecule has 0 N–H and O–H groups in total. The molecule has 0 amide bonds. The van der Waals surface area contributed by atoms with Crippen molar-refractivity contribution < 1.29 is 14.3 Å². The predicted octanol–water partition coefficient (Wildman–Crippen LogP) is 6.66. The number of benzene rings is 1. The third kappa shape index (κ3) is 4.34. The van der Waals surface area contributed by atoms with E-state index in [1.165, 1.54) is 5.56 Å². The molecule has 2 aliphatic rings. The summed E-state index contributed by atoms with van der Waals surface area (Å²) in [4.78, 5) is 6.73. The molecule has 0 bridgehead atoms. The zero-order chi connectivity index (χ0) is 22.0. The first kappa shape index (κ1) is 23.7. The van der Waals surface area contributed by atoms with Crippen molar-refractivity contribution in [1.29, 1.82) is 0 Å². The highest BCUT2D eigenvalue weighted by Crippen LogP contribution is 2.52. The van der Waals surface area contributed by atoms with Crippen LogP contribution in [-0.2, 0) is 14.3 Å². The Balaban J connectivity index is 1.86. The second-order valence-corrected chi connectivity index (χ2v) is 10.2. The highest BCUT2D eigenvalue weighted by molar-refractivity contribution is 5.17. The molecule has 0 radical (unpaired) electrons. The number of piperidine rings is 1. The number of ether oxygens (including phenoxy) is 2. The van der Waals surface area contributed by atoms with Gasteiger partial charge in [-0.2, -0.15) is 5.06 Å². The normalized spacial score (nSPS) is 25.8. The maximum Gasteiger partial charge on any atom is 0.172 e. The van der Waals surface area contributed by atoms with Gasteiger partial charge in [-0.25, -0.2) is 0 Å². The predicted molar refractivity (Wildman–Crippen MR) is 122 cm³/mol. The van der Waals surface area contributed by atoms with E-state index in [1.54, 1.807) is 0 Å². The molecule has 2 fully saturated rings. The largest absolute Gasteiger partial charge is 0.349 e. The first-order chi connectivity index (χ1) is 14.2. The summed E-state index contributed by atoms with van der Waals surface area (Å²) in [5.74, 6) is -0.515. The van der Waals surface area contributed by atoms with Gasteiger partial charge in [0.2, 0.25) is 0 Å². The van der Waals surface area contributed by atoms with E-state index in [0.717, 1.165) is 51.7 Å². The third-order valence-electron chi connectivity index (χ3n) is 7.91. The molecule has 3 rings (SSSR count). The average Bonchev–Trinajstić information content (AvgIpc) is 2.76. The molecule has 2 saturated heterocycles. The van der Waals surface area contributed by atoms with Gasteiger partial charge in [-0.1, -0.05) is 58.0 Å². The standard InChI is InChI=1S/C26H43NO3/c1-8-24(9-2)19-28-26(29-20-24)17-23(6,7)27(25(10-3,11-4)18-26)30-21(5)22-15-13-12-14-16-22/h12-16,21H,8-11,17-20H2,1-7H3. The van der Waals surface area contributed by atoms with E-state index in [9.17, 15) is 0 Å². The van der Waals surface area contributed by atoms with Crippen molar-refractivity contribution in [2.24, 2.45) is 5.41 Å². The van der Waals surface area contributed by atoms with Crippen LogP contribution in [0.15, 0.2) is 30.3 Å². The van der Waals surface area contributed by atoms with E-state index in [1.807, 2.05) is 0 Å².